The molecule has 0 aromatic heterocycles. The van der Waals surface area contributed by atoms with E-state index in [4.69, 9.17) is 9.47 Å². The summed E-state index contributed by atoms with van der Waals surface area (Å²) >= 11 is 0. The van der Waals surface area contributed by atoms with Crippen LogP contribution in [-0.4, -0.2) is 18.7 Å². The van der Waals surface area contributed by atoms with Gasteiger partial charge in [-0.1, -0.05) is 119 Å². The highest BCUT2D eigenvalue weighted by atomic mass is 16.6. The van der Waals surface area contributed by atoms with Crippen molar-refractivity contribution in [2.75, 3.05) is 6.61 Å². The normalized spacial score (nSPS) is 11.8. The summed E-state index contributed by atoms with van der Waals surface area (Å²) in [7, 11) is 0. The van der Waals surface area contributed by atoms with Crippen molar-refractivity contribution < 1.29 is 14.3 Å². The molecule has 1 atom stereocenters. The van der Waals surface area contributed by atoms with E-state index in [2.05, 4.69) is 80.6 Å². The molecule has 3 rings (SSSR count). The smallest absolute Gasteiger partial charge is 0.306 e. The molecule has 1 unspecified atom stereocenters. The van der Waals surface area contributed by atoms with Crippen molar-refractivity contribution in [1.82, 2.24) is 0 Å². The molecule has 0 aliphatic rings. The lowest BCUT2D eigenvalue weighted by Crippen LogP contribution is -2.22. The molecule has 0 saturated heterocycles. The maximum Gasteiger partial charge on any atom is 0.306 e. The Morgan fingerprint density at radius 3 is 2.10 bits per heavy atom. The van der Waals surface area contributed by atoms with E-state index >= 15 is 0 Å². The summed E-state index contributed by atoms with van der Waals surface area (Å²) in [5.41, 5.74) is 6.33. The van der Waals surface area contributed by atoms with Gasteiger partial charge in [-0.3, -0.25) is 4.79 Å². The van der Waals surface area contributed by atoms with Gasteiger partial charge in [0.2, 0.25) is 0 Å². The van der Waals surface area contributed by atoms with Gasteiger partial charge in [-0.25, -0.2) is 0 Å². The van der Waals surface area contributed by atoms with Crippen molar-refractivity contribution >= 4 is 5.97 Å². The second kappa shape index (κ2) is 17.5. The summed E-state index contributed by atoms with van der Waals surface area (Å²) in [4.78, 5) is 12.1. The highest BCUT2D eigenvalue weighted by Gasteiger charge is 2.13. The molecule has 3 nitrogen and oxygen atoms in total. The summed E-state index contributed by atoms with van der Waals surface area (Å²) in [6.07, 6.45) is 12.8. The largest absolute Gasteiger partial charge is 0.489 e. The monoisotopic (exact) mass is 528 g/mol. The van der Waals surface area contributed by atoms with Gasteiger partial charge < -0.3 is 9.47 Å². The molecule has 0 bridgehead atoms. The molecule has 0 saturated carbocycles. The lowest BCUT2D eigenvalue weighted by atomic mass is 9.98. The molecule has 0 radical (unpaired) electrons. The van der Waals surface area contributed by atoms with Crippen molar-refractivity contribution in [2.24, 2.45) is 0 Å². The second-order valence-electron chi connectivity index (χ2n) is 10.7. The fourth-order valence-electron chi connectivity index (χ4n) is 4.82. The Hall–Kier alpha value is -3.07. The molecule has 0 aliphatic carbocycles. The number of unbranched alkanes of at least 4 members (excludes halogenated alkanes) is 6. The number of hydrogen-bond donors (Lipinski definition) is 0. The molecule has 210 valence electrons. The first-order valence-electron chi connectivity index (χ1n) is 15.2. The molecular weight excluding hydrogens is 480 g/mol. The Kier molecular flexibility index (Phi) is 13.7. The van der Waals surface area contributed by atoms with Crippen LogP contribution in [0.1, 0.15) is 95.2 Å². The molecule has 0 heterocycles. The van der Waals surface area contributed by atoms with Gasteiger partial charge in [0.15, 0.2) is 0 Å². The average Bonchev–Trinajstić information content (AvgIpc) is 2.97. The molecule has 3 aromatic carbocycles. The number of aryl methyl sites for hydroxylation is 3. The first kappa shape index (κ1) is 30.5. The topological polar surface area (TPSA) is 35.5 Å². The maximum absolute atomic E-state index is 12.1. The third-order valence-corrected chi connectivity index (χ3v) is 7.24. The summed E-state index contributed by atoms with van der Waals surface area (Å²) in [6.45, 7) is 6.63. The van der Waals surface area contributed by atoms with Gasteiger partial charge >= 0.3 is 5.97 Å². The minimum absolute atomic E-state index is 0.135. The third-order valence-electron chi connectivity index (χ3n) is 7.24. The SMILES string of the molecule is CCCCCCCCc1ccc(CCc2ccc(-c3ccccc3)cc2)c(OCC(C)OC(=O)CCCC)c1. The maximum atomic E-state index is 12.1. The van der Waals surface area contributed by atoms with Crippen LogP contribution in [0.4, 0.5) is 0 Å². The van der Waals surface area contributed by atoms with Crippen LogP contribution in [0.25, 0.3) is 11.1 Å². The number of rotatable bonds is 18. The van der Waals surface area contributed by atoms with Crippen LogP contribution in [0.5, 0.6) is 5.75 Å². The predicted molar refractivity (Wildman–Crippen MR) is 163 cm³/mol. The van der Waals surface area contributed by atoms with Crippen molar-refractivity contribution in [3.63, 3.8) is 0 Å². The van der Waals surface area contributed by atoms with Crippen molar-refractivity contribution in [3.8, 4) is 16.9 Å². The number of carbonyl (C=O) groups is 1. The number of hydrogen-bond acceptors (Lipinski definition) is 3. The molecule has 0 spiro atoms. The van der Waals surface area contributed by atoms with Crippen molar-refractivity contribution in [2.45, 2.75) is 104 Å². The Bertz CT molecular complexity index is 1090. The highest BCUT2D eigenvalue weighted by Crippen LogP contribution is 2.25. The van der Waals surface area contributed by atoms with Gasteiger partial charge in [0.05, 0.1) is 0 Å². The molecule has 0 aliphatic heterocycles. The Morgan fingerprint density at radius 2 is 1.36 bits per heavy atom. The Morgan fingerprint density at radius 1 is 0.692 bits per heavy atom. The quantitative estimate of drug-likeness (QED) is 0.122. The van der Waals surface area contributed by atoms with E-state index in [-0.39, 0.29) is 12.1 Å². The molecule has 3 heteroatoms. The van der Waals surface area contributed by atoms with Crippen LogP contribution in [0, 0.1) is 0 Å². The van der Waals surface area contributed by atoms with Crippen molar-refractivity contribution in [1.29, 1.82) is 0 Å². The van der Waals surface area contributed by atoms with Crippen LogP contribution in [0.2, 0.25) is 0 Å². The molecule has 0 amide bonds. The van der Waals surface area contributed by atoms with Gasteiger partial charge in [-0.05, 0) is 72.9 Å². The number of esters is 1. The first-order chi connectivity index (χ1) is 19.1. The minimum atomic E-state index is -0.269. The standard InChI is InChI=1S/C36H48O3/c1-4-6-8-9-10-12-15-31-22-26-34(35(27-31)38-28-29(3)39-36(37)18-7-5-2)25-21-30-19-23-33(24-20-30)32-16-13-11-14-17-32/h11,13-14,16-17,19-20,22-24,26-27,29H,4-10,12,15,18,21,25,28H2,1-3H3. The van der Waals surface area contributed by atoms with E-state index < -0.39 is 0 Å². The van der Waals surface area contributed by atoms with Gasteiger partial charge in [-0.15, -0.1) is 0 Å². The van der Waals surface area contributed by atoms with Crippen LogP contribution in [-0.2, 0) is 28.8 Å². The lowest BCUT2D eigenvalue weighted by Gasteiger charge is -2.18. The van der Waals surface area contributed by atoms with Gasteiger partial charge in [0.1, 0.15) is 18.5 Å². The van der Waals surface area contributed by atoms with Crippen LogP contribution in [0.15, 0.2) is 72.8 Å². The van der Waals surface area contributed by atoms with Gasteiger partial charge in [0, 0.05) is 6.42 Å². The van der Waals surface area contributed by atoms with Gasteiger partial charge in [0.25, 0.3) is 0 Å². The van der Waals surface area contributed by atoms with E-state index in [1.165, 1.54) is 66.3 Å². The van der Waals surface area contributed by atoms with Crippen LogP contribution < -0.4 is 4.74 Å². The van der Waals surface area contributed by atoms with Gasteiger partial charge in [-0.2, -0.15) is 0 Å². The minimum Gasteiger partial charge on any atom is -0.489 e. The Labute approximate surface area is 237 Å². The first-order valence-corrected chi connectivity index (χ1v) is 15.2. The fraction of sp³-hybridized carbons (Fsp3) is 0.472. The predicted octanol–water partition coefficient (Wildman–Crippen LogP) is 9.54. The number of benzene rings is 3. The zero-order valence-corrected chi connectivity index (χ0v) is 24.4. The molecule has 0 fully saturated rings. The van der Waals surface area contributed by atoms with Crippen LogP contribution >= 0.6 is 0 Å². The zero-order chi connectivity index (χ0) is 27.7. The van der Waals surface area contributed by atoms with E-state index in [0.717, 1.165) is 37.9 Å². The summed E-state index contributed by atoms with van der Waals surface area (Å²) in [6, 6.07) is 26.1. The fourth-order valence-corrected chi connectivity index (χ4v) is 4.82. The molecule has 39 heavy (non-hydrogen) atoms. The summed E-state index contributed by atoms with van der Waals surface area (Å²) < 4.78 is 11.9. The van der Waals surface area contributed by atoms with Crippen molar-refractivity contribution in [3.05, 3.63) is 89.5 Å². The molecular formula is C36H48O3. The summed E-state index contributed by atoms with van der Waals surface area (Å²) in [5, 5.41) is 0. The number of carbonyl (C=O) groups excluding carboxylic acids is 1. The van der Waals surface area contributed by atoms with E-state index in [9.17, 15) is 4.79 Å². The highest BCUT2D eigenvalue weighted by molar-refractivity contribution is 5.69. The van der Waals surface area contributed by atoms with E-state index in [1.54, 1.807) is 0 Å². The zero-order valence-electron chi connectivity index (χ0n) is 24.4. The third kappa shape index (κ3) is 11.3. The van der Waals surface area contributed by atoms with E-state index in [1.807, 2.05) is 13.0 Å². The average molecular weight is 529 g/mol. The van der Waals surface area contributed by atoms with Crippen LogP contribution in [0.3, 0.4) is 0 Å². The molecule has 0 N–H and O–H groups in total. The lowest BCUT2D eigenvalue weighted by molar-refractivity contribution is -0.149. The van der Waals surface area contributed by atoms with E-state index in [0.29, 0.717) is 13.0 Å². The number of ether oxygens (including phenoxy) is 2. The summed E-state index contributed by atoms with van der Waals surface area (Å²) in [5.74, 6) is 0.791. The second-order valence-corrected chi connectivity index (χ2v) is 10.7. The Balaban J connectivity index is 1.61. The molecule has 3 aromatic rings.